The molecular formula is C9H19ClO2S. The van der Waals surface area contributed by atoms with Gasteiger partial charge in [0, 0.05) is 11.6 Å². The molecular weight excluding hydrogens is 208 g/mol. The molecule has 0 N–H and O–H groups in total. The summed E-state index contributed by atoms with van der Waals surface area (Å²) in [4.78, 5) is 0. The van der Waals surface area contributed by atoms with Crippen molar-refractivity contribution in [2.24, 2.45) is 5.41 Å². The van der Waals surface area contributed by atoms with E-state index in [2.05, 4.69) is 13.8 Å². The number of sulfone groups is 1. The van der Waals surface area contributed by atoms with Crippen molar-refractivity contribution in [1.82, 2.24) is 0 Å². The van der Waals surface area contributed by atoms with Gasteiger partial charge in [-0.3, -0.25) is 0 Å². The van der Waals surface area contributed by atoms with Gasteiger partial charge in [-0.2, -0.15) is 0 Å². The van der Waals surface area contributed by atoms with E-state index in [1.807, 2.05) is 0 Å². The van der Waals surface area contributed by atoms with Crippen LogP contribution in [0.15, 0.2) is 0 Å². The molecule has 0 rings (SSSR count). The van der Waals surface area contributed by atoms with Crippen molar-refractivity contribution < 1.29 is 8.42 Å². The fraction of sp³-hybridized carbons (Fsp3) is 1.00. The first-order valence-electron chi connectivity index (χ1n) is 4.59. The van der Waals surface area contributed by atoms with E-state index >= 15 is 0 Å². The molecule has 13 heavy (non-hydrogen) atoms. The van der Waals surface area contributed by atoms with Gasteiger partial charge in [0.2, 0.25) is 0 Å². The molecule has 0 aromatic carbocycles. The lowest BCUT2D eigenvalue weighted by molar-refractivity contribution is 0.379. The first kappa shape index (κ1) is 13.2. The van der Waals surface area contributed by atoms with E-state index in [-0.39, 0.29) is 11.2 Å². The molecule has 0 heterocycles. The van der Waals surface area contributed by atoms with Crippen LogP contribution in [0.25, 0.3) is 0 Å². The zero-order valence-electron chi connectivity index (χ0n) is 8.64. The van der Waals surface area contributed by atoms with Gasteiger partial charge in [-0.1, -0.05) is 20.8 Å². The lowest BCUT2D eigenvalue weighted by atomic mass is 9.91. The highest BCUT2D eigenvalue weighted by Crippen LogP contribution is 2.23. The average Bonchev–Trinajstić information content (AvgIpc) is 2.04. The van der Waals surface area contributed by atoms with Crippen molar-refractivity contribution in [2.45, 2.75) is 33.6 Å². The lowest BCUT2D eigenvalue weighted by Gasteiger charge is -2.20. The zero-order chi connectivity index (χ0) is 10.5. The molecule has 80 valence electrons. The first-order valence-corrected chi connectivity index (χ1v) is 6.95. The van der Waals surface area contributed by atoms with Crippen LogP contribution in [0.3, 0.4) is 0 Å². The molecule has 0 aromatic rings. The van der Waals surface area contributed by atoms with Gasteiger partial charge >= 0.3 is 0 Å². The Balaban J connectivity index is 3.81. The smallest absolute Gasteiger partial charge is 0.150 e. The van der Waals surface area contributed by atoms with Gasteiger partial charge in [0.1, 0.15) is 9.84 Å². The molecule has 0 bridgehead atoms. The summed E-state index contributed by atoms with van der Waals surface area (Å²) in [5.74, 6) is 1.12. The van der Waals surface area contributed by atoms with E-state index < -0.39 is 9.84 Å². The monoisotopic (exact) mass is 226 g/mol. The molecule has 0 fully saturated rings. The minimum atomic E-state index is -2.79. The molecule has 0 saturated carbocycles. The van der Waals surface area contributed by atoms with Crippen LogP contribution < -0.4 is 0 Å². The van der Waals surface area contributed by atoms with Gasteiger partial charge in [0.05, 0.1) is 5.75 Å². The fourth-order valence-electron chi connectivity index (χ4n) is 0.982. The third-order valence-electron chi connectivity index (χ3n) is 2.11. The molecule has 0 unspecified atom stereocenters. The second kappa shape index (κ2) is 5.20. The maximum absolute atomic E-state index is 11.1. The molecule has 0 aliphatic carbocycles. The van der Waals surface area contributed by atoms with Gasteiger partial charge in [0.15, 0.2) is 0 Å². The number of halogens is 1. The molecule has 0 aliphatic rings. The molecule has 0 radical (unpaired) electrons. The van der Waals surface area contributed by atoms with Crippen molar-refractivity contribution >= 4 is 21.4 Å². The van der Waals surface area contributed by atoms with Gasteiger partial charge in [-0.05, 0) is 18.3 Å². The number of hydrogen-bond donors (Lipinski definition) is 0. The van der Waals surface area contributed by atoms with Crippen LogP contribution in [0.5, 0.6) is 0 Å². The van der Waals surface area contributed by atoms with E-state index in [0.29, 0.717) is 11.6 Å². The molecule has 0 saturated heterocycles. The maximum Gasteiger partial charge on any atom is 0.150 e. The summed E-state index contributed by atoms with van der Waals surface area (Å²) in [5.41, 5.74) is 0.0603. The van der Waals surface area contributed by atoms with Crippen LogP contribution in [-0.2, 0) is 9.84 Å². The molecule has 0 amide bonds. The predicted molar refractivity (Wildman–Crippen MR) is 58.1 cm³/mol. The van der Waals surface area contributed by atoms with E-state index in [1.165, 1.54) is 0 Å². The van der Waals surface area contributed by atoms with Crippen LogP contribution in [-0.4, -0.2) is 25.8 Å². The molecule has 0 aliphatic heterocycles. The Labute approximate surface area is 86.6 Å². The van der Waals surface area contributed by atoms with Crippen molar-refractivity contribution in [3.8, 4) is 0 Å². The Morgan fingerprint density at radius 2 is 1.85 bits per heavy atom. The lowest BCUT2D eigenvalue weighted by Crippen LogP contribution is -2.16. The Hall–Kier alpha value is 0.240. The number of rotatable bonds is 6. The standard InChI is InChI=1S/C9H19ClO2S/c1-4-13(11,12)7-5-6-9(2,3)8-10/h4-8H2,1-3H3. The number of alkyl halides is 1. The Morgan fingerprint density at radius 3 is 2.23 bits per heavy atom. The van der Waals surface area contributed by atoms with Crippen LogP contribution in [0.2, 0.25) is 0 Å². The van der Waals surface area contributed by atoms with Gasteiger partial charge in [-0.15, -0.1) is 11.6 Å². The third kappa shape index (κ3) is 6.33. The average molecular weight is 227 g/mol. The van der Waals surface area contributed by atoms with Crippen molar-refractivity contribution in [3.63, 3.8) is 0 Å². The summed E-state index contributed by atoms with van der Waals surface area (Å²) >= 11 is 5.73. The normalized spacial score (nSPS) is 13.2. The van der Waals surface area contributed by atoms with Gasteiger partial charge in [0.25, 0.3) is 0 Å². The second-order valence-electron chi connectivity index (χ2n) is 4.14. The highest BCUT2D eigenvalue weighted by molar-refractivity contribution is 7.91. The molecule has 0 atom stereocenters. The van der Waals surface area contributed by atoms with E-state index in [4.69, 9.17) is 11.6 Å². The summed E-state index contributed by atoms with van der Waals surface area (Å²) in [5, 5.41) is 0. The Bertz CT molecular complexity index is 232. The van der Waals surface area contributed by atoms with E-state index in [1.54, 1.807) is 6.92 Å². The quantitative estimate of drug-likeness (QED) is 0.652. The topological polar surface area (TPSA) is 34.1 Å². The highest BCUT2D eigenvalue weighted by Gasteiger charge is 2.17. The largest absolute Gasteiger partial charge is 0.229 e. The summed E-state index contributed by atoms with van der Waals surface area (Å²) in [6.07, 6.45) is 1.59. The predicted octanol–water partition coefficient (Wildman–Crippen LogP) is 2.47. The van der Waals surface area contributed by atoms with Gasteiger partial charge in [-0.25, -0.2) is 8.42 Å². The van der Waals surface area contributed by atoms with E-state index in [0.717, 1.165) is 12.8 Å². The van der Waals surface area contributed by atoms with Crippen LogP contribution in [0, 0.1) is 5.41 Å². The summed E-state index contributed by atoms with van der Waals surface area (Å²) in [6.45, 7) is 5.79. The maximum atomic E-state index is 11.1. The minimum absolute atomic E-state index is 0.0603. The first-order chi connectivity index (χ1) is 5.83. The van der Waals surface area contributed by atoms with Gasteiger partial charge < -0.3 is 0 Å². The number of hydrogen-bond acceptors (Lipinski definition) is 2. The molecule has 0 aromatic heterocycles. The van der Waals surface area contributed by atoms with Crippen molar-refractivity contribution in [2.75, 3.05) is 17.4 Å². The van der Waals surface area contributed by atoms with Crippen LogP contribution >= 0.6 is 11.6 Å². The molecule has 0 spiro atoms. The SMILES string of the molecule is CCS(=O)(=O)CCCC(C)(C)CCl. The van der Waals surface area contributed by atoms with Crippen molar-refractivity contribution in [1.29, 1.82) is 0 Å². The van der Waals surface area contributed by atoms with Crippen LogP contribution in [0.1, 0.15) is 33.6 Å². The summed E-state index contributed by atoms with van der Waals surface area (Å²) in [7, 11) is -2.79. The Kier molecular flexibility index (Phi) is 5.30. The molecule has 4 heteroatoms. The van der Waals surface area contributed by atoms with E-state index in [9.17, 15) is 8.42 Å². The van der Waals surface area contributed by atoms with Crippen molar-refractivity contribution in [3.05, 3.63) is 0 Å². The zero-order valence-corrected chi connectivity index (χ0v) is 10.2. The highest BCUT2D eigenvalue weighted by atomic mass is 35.5. The Morgan fingerprint density at radius 1 is 1.31 bits per heavy atom. The van der Waals surface area contributed by atoms with Crippen LogP contribution in [0.4, 0.5) is 0 Å². The fourth-order valence-corrected chi connectivity index (χ4v) is 1.99. The molecule has 2 nitrogen and oxygen atoms in total. The third-order valence-corrected chi connectivity index (χ3v) is 4.62. The summed E-state index contributed by atoms with van der Waals surface area (Å²) in [6, 6.07) is 0. The summed E-state index contributed by atoms with van der Waals surface area (Å²) < 4.78 is 22.3. The minimum Gasteiger partial charge on any atom is -0.229 e. The second-order valence-corrected chi connectivity index (χ2v) is 6.88.